The molecule has 0 aliphatic carbocycles. The Bertz CT molecular complexity index is 2050. The van der Waals surface area contributed by atoms with Crippen LogP contribution in [0.25, 0.3) is 6.08 Å². The number of benzene rings is 3. The zero-order valence-electron chi connectivity index (χ0n) is 25.8. The van der Waals surface area contributed by atoms with Crippen LogP contribution < -0.4 is 24.4 Å². The number of alkyl halides is 3. The average Bonchev–Trinajstić information content (AvgIpc) is 3.37. The van der Waals surface area contributed by atoms with Gasteiger partial charge in [-0.05, 0) is 61.4 Å². The lowest BCUT2D eigenvalue weighted by atomic mass is 9.95. The molecule has 0 fully saturated rings. The van der Waals surface area contributed by atoms with E-state index >= 15 is 0 Å². The van der Waals surface area contributed by atoms with Crippen molar-refractivity contribution < 1.29 is 41.7 Å². The summed E-state index contributed by atoms with van der Waals surface area (Å²) < 4.78 is 66.0. The van der Waals surface area contributed by atoms with Gasteiger partial charge in [0.2, 0.25) is 0 Å². The molecule has 1 aliphatic heterocycles. The highest BCUT2D eigenvalue weighted by Gasteiger charge is 2.45. The van der Waals surface area contributed by atoms with Crippen LogP contribution >= 0.6 is 22.9 Å². The number of allylic oxidation sites excluding steroid dienone is 1. The summed E-state index contributed by atoms with van der Waals surface area (Å²) in [7, 11) is 1.44. The van der Waals surface area contributed by atoms with Crippen LogP contribution in [0.3, 0.4) is 0 Å². The summed E-state index contributed by atoms with van der Waals surface area (Å²) in [6.07, 6.45) is -3.57. The van der Waals surface area contributed by atoms with Crippen molar-refractivity contribution in [2.75, 3.05) is 20.3 Å². The van der Waals surface area contributed by atoms with Crippen molar-refractivity contribution in [3.63, 3.8) is 0 Å². The molecule has 2 heterocycles. The highest BCUT2D eigenvalue weighted by Crippen LogP contribution is 2.39. The number of hydrogen-bond acceptors (Lipinski definition) is 9. The van der Waals surface area contributed by atoms with Crippen LogP contribution in [0.4, 0.5) is 13.2 Å². The third-order valence-corrected chi connectivity index (χ3v) is 8.38. The van der Waals surface area contributed by atoms with Gasteiger partial charge in [0.15, 0.2) is 22.0 Å². The van der Waals surface area contributed by atoms with Gasteiger partial charge in [0.25, 0.3) is 5.56 Å². The molecule has 4 aromatic rings. The second-order valence-electron chi connectivity index (χ2n) is 10.2. The first-order valence-electron chi connectivity index (χ1n) is 14.6. The Morgan fingerprint density at radius 2 is 1.65 bits per heavy atom. The first-order valence-corrected chi connectivity index (χ1v) is 15.8. The first-order chi connectivity index (χ1) is 23.0. The zero-order valence-corrected chi connectivity index (χ0v) is 27.4. The second kappa shape index (κ2) is 14.5. The molecule has 0 N–H and O–H groups in total. The Labute approximate surface area is 281 Å². The minimum atomic E-state index is -5.04. The molecule has 1 atom stereocenters. The van der Waals surface area contributed by atoms with Crippen LogP contribution in [0.2, 0.25) is 5.02 Å². The fourth-order valence-corrected chi connectivity index (χ4v) is 6.13. The van der Waals surface area contributed by atoms with Gasteiger partial charge < -0.3 is 18.9 Å². The number of carbonyl (C=O) groups is 2. The number of fused-ring (bicyclic) bond motifs is 1. The van der Waals surface area contributed by atoms with Crippen molar-refractivity contribution in [3.05, 3.63) is 125 Å². The van der Waals surface area contributed by atoms with Crippen LogP contribution in [-0.4, -0.2) is 43.0 Å². The predicted octanol–water partition coefficient (Wildman–Crippen LogP) is 5.76. The maximum absolute atomic E-state index is 14.4. The van der Waals surface area contributed by atoms with E-state index in [-0.39, 0.29) is 40.5 Å². The molecule has 9 nitrogen and oxygen atoms in total. The van der Waals surface area contributed by atoms with E-state index in [0.29, 0.717) is 27.5 Å². The summed E-state index contributed by atoms with van der Waals surface area (Å²) in [5, 5.41) is 0.310. The van der Waals surface area contributed by atoms with E-state index in [2.05, 4.69) is 4.99 Å². The predicted molar refractivity (Wildman–Crippen MR) is 172 cm³/mol. The van der Waals surface area contributed by atoms with E-state index < -0.39 is 41.0 Å². The Morgan fingerprint density at radius 3 is 2.27 bits per heavy atom. The number of rotatable bonds is 10. The van der Waals surface area contributed by atoms with Crippen LogP contribution in [0, 0.1) is 0 Å². The number of methoxy groups -OCH3 is 1. The van der Waals surface area contributed by atoms with Gasteiger partial charge in [-0.1, -0.05) is 59.3 Å². The van der Waals surface area contributed by atoms with E-state index in [4.69, 9.17) is 30.5 Å². The maximum atomic E-state index is 14.4. The first kappa shape index (κ1) is 34.5. The molecule has 48 heavy (non-hydrogen) atoms. The Kier molecular flexibility index (Phi) is 10.4. The standard InChI is InChI=1S/C34H28ClF3N2O7S/c1-4-45-31(42)21-11-9-19(10-12-21)18-47-28-22(7-6-8-24(28)44-3)17-25-30(41)40-27(20-13-15-23(35)16-14-20)26(32(43)46-5-2)29(34(36,37)38)39-33(40)48-25/h6-17,27H,4-5,18H2,1-3H3/b25-17-/t27-/m1/s1. The molecule has 250 valence electrons. The van der Waals surface area contributed by atoms with Crippen molar-refractivity contribution >= 4 is 41.0 Å². The molecular formula is C34H28ClF3N2O7S. The zero-order chi connectivity index (χ0) is 34.6. The minimum Gasteiger partial charge on any atom is -0.493 e. The summed E-state index contributed by atoms with van der Waals surface area (Å²) in [4.78, 5) is 42.6. The number of hydrogen-bond donors (Lipinski definition) is 0. The third kappa shape index (κ3) is 7.16. The van der Waals surface area contributed by atoms with Crippen LogP contribution in [-0.2, 0) is 20.9 Å². The van der Waals surface area contributed by atoms with E-state index in [1.165, 1.54) is 44.4 Å². The van der Waals surface area contributed by atoms with Gasteiger partial charge in [-0.2, -0.15) is 13.2 Å². The fourth-order valence-electron chi connectivity index (χ4n) is 5.01. The quantitative estimate of drug-likeness (QED) is 0.194. The lowest BCUT2D eigenvalue weighted by Gasteiger charge is -2.26. The monoisotopic (exact) mass is 700 g/mol. The molecule has 1 aliphatic rings. The highest BCUT2D eigenvalue weighted by atomic mass is 35.5. The number of nitrogens with zero attached hydrogens (tertiary/aromatic N) is 2. The minimum absolute atomic E-state index is 0.0243. The second-order valence-corrected chi connectivity index (χ2v) is 11.6. The molecule has 3 aromatic carbocycles. The Balaban J connectivity index is 1.62. The Morgan fingerprint density at radius 1 is 0.979 bits per heavy atom. The highest BCUT2D eigenvalue weighted by molar-refractivity contribution is 7.07. The van der Waals surface area contributed by atoms with E-state index in [1.54, 1.807) is 49.4 Å². The molecule has 0 unspecified atom stereocenters. The van der Waals surface area contributed by atoms with E-state index in [9.17, 15) is 27.6 Å². The smallest absolute Gasteiger partial charge is 0.434 e. The molecule has 5 rings (SSSR count). The number of esters is 2. The van der Waals surface area contributed by atoms with Crippen molar-refractivity contribution in [1.82, 2.24) is 4.57 Å². The lowest BCUT2D eigenvalue weighted by molar-refractivity contribution is -0.140. The van der Waals surface area contributed by atoms with Gasteiger partial charge in [-0.3, -0.25) is 9.36 Å². The largest absolute Gasteiger partial charge is 0.493 e. The molecule has 0 saturated heterocycles. The molecule has 0 bridgehead atoms. The SMILES string of the molecule is CCOC(=O)C1=C(C(F)(F)F)N=c2s/c(=C\c3cccc(OC)c3OCc3ccc(C(=O)OCC)cc3)c(=O)n2[C@@H]1c1ccc(Cl)cc1. The lowest BCUT2D eigenvalue weighted by Crippen LogP contribution is -2.41. The number of para-hydroxylation sites is 1. The van der Waals surface area contributed by atoms with Gasteiger partial charge in [0.1, 0.15) is 6.61 Å². The number of carbonyl (C=O) groups excluding carboxylic acids is 2. The van der Waals surface area contributed by atoms with Crippen molar-refractivity contribution in [1.29, 1.82) is 0 Å². The average molecular weight is 701 g/mol. The van der Waals surface area contributed by atoms with Crippen molar-refractivity contribution in [2.24, 2.45) is 4.99 Å². The number of ether oxygens (including phenoxy) is 4. The van der Waals surface area contributed by atoms with Crippen LogP contribution in [0.5, 0.6) is 11.5 Å². The summed E-state index contributed by atoms with van der Waals surface area (Å²) >= 11 is 6.77. The van der Waals surface area contributed by atoms with Gasteiger partial charge in [0.05, 0.1) is 42.0 Å². The Hall–Kier alpha value is -4.88. The normalized spacial score (nSPS) is 14.6. The van der Waals surface area contributed by atoms with E-state index in [1.807, 2.05) is 0 Å². The van der Waals surface area contributed by atoms with Crippen LogP contribution in [0.1, 0.15) is 46.9 Å². The summed E-state index contributed by atoms with van der Waals surface area (Å²) in [6.45, 7) is 3.28. The summed E-state index contributed by atoms with van der Waals surface area (Å²) in [6, 6.07) is 15.9. The van der Waals surface area contributed by atoms with Crippen molar-refractivity contribution in [3.8, 4) is 11.5 Å². The third-order valence-electron chi connectivity index (χ3n) is 7.14. The number of thiazole rings is 1. The summed E-state index contributed by atoms with van der Waals surface area (Å²) in [5.74, 6) is -1.10. The van der Waals surface area contributed by atoms with Gasteiger partial charge >= 0.3 is 18.1 Å². The molecule has 0 spiro atoms. The van der Waals surface area contributed by atoms with Gasteiger partial charge in [-0.25, -0.2) is 14.6 Å². The summed E-state index contributed by atoms with van der Waals surface area (Å²) in [5.41, 5.74) is -1.26. The molecule has 0 amide bonds. The van der Waals surface area contributed by atoms with Gasteiger partial charge in [0, 0.05) is 10.6 Å². The molecule has 1 aromatic heterocycles. The van der Waals surface area contributed by atoms with Crippen molar-refractivity contribution in [2.45, 2.75) is 32.7 Å². The maximum Gasteiger partial charge on any atom is 0.434 e. The topological polar surface area (TPSA) is 105 Å². The fraction of sp³-hybridized carbons (Fsp3) is 0.235. The molecule has 0 saturated carbocycles. The molecule has 0 radical (unpaired) electrons. The van der Waals surface area contributed by atoms with E-state index in [0.717, 1.165) is 15.9 Å². The molecular weight excluding hydrogens is 673 g/mol. The molecule has 14 heteroatoms. The number of aromatic nitrogens is 1. The van der Waals surface area contributed by atoms with Crippen LogP contribution in [0.15, 0.2) is 87.8 Å². The number of halogens is 4. The van der Waals surface area contributed by atoms with Gasteiger partial charge in [-0.15, -0.1) is 0 Å².